The number of phenols is 1. The number of carbonyl (C=O) groups excluding carboxylic acids is 1. The average molecular weight is 286 g/mol. The molecule has 0 radical (unpaired) electrons. The van der Waals surface area contributed by atoms with Gasteiger partial charge in [-0.05, 0) is 48.4 Å². The SMILES string of the molecule is COc1cc(CNc2ccc(C(N)=O)cc2C)ccc1O. The number of hydrogen-bond donors (Lipinski definition) is 3. The normalized spacial score (nSPS) is 10.2. The number of nitrogens with two attached hydrogens (primary N) is 1. The second-order valence-electron chi connectivity index (χ2n) is 4.75. The van der Waals surface area contributed by atoms with Crippen LogP contribution in [0.4, 0.5) is 5.69 Å². The summed E-state index contributed by atoms with van der Waals surface area (Å²) in [6, 6.07) is 10.5. The molecule has 5 nitrogen and oxygen atoms in total. The van der Waals surface area contributed by atoms with Crippen molar-refractivity contribution in [3.05, 3.63) is 53.1 Å². The van der Waals surface area contributed by atoms with E-state index in [0.29, 0.717) is 17.9 Å². The Kier molecular flexibility index (Phi) is 4.33. The quantitative estimate of drug-likeness (QED) is 0.788. The molecule has 0 saturated heterocycles. The third kappa shape index (κ3) is 3.45. The third-order valence-electron chi connectivity index (χ3n) is 3.24. The molecular weight excluding hydrogens is 268 g/mol. The summed E-state index contributed by atoms with van der Waals surface area (Å²) in [7, 11) is 1.51. The molecule has 0 aromatic heterocycles. The Balaban J connectivity index is 2.11. The van der Waals surface area contributed by atoms with Crippen molar-refractivity contribution in [1.82, 2.24) is 0 Å². The van der Waals surface area contributed by atoms with Crippen LogP contribution in [0.2, 0.25) is 0 Å². The molecule has 2 rings (SSSR count). The van der Waals surface area contributed by atoms with Crippen LogP contribution in [0.1, 0.15) is 21.5 Å². The summed E-state index contributed by atoms with van der Waals surface area (Å²) >= 11 is 0. The van der Waals surface area contributed by atoms with Crippen LogP contribution in [0.25, 0.3) is 0 Å². The zero-order valence-corrected chi connectivity index (χ0v) is 12.0. The number of hydrogen-bond acceptors (Lipinski definition) is 4. The van der Waals surface area contributed by atoms with Crippen LogP contribution in [0.5, 0.6) is 11.5 Å². The third-order valence-corrected chi connectivity index (χ3v) is 3.24. The Hall–Kier alpha value is -2.69. The minimum atomic E-state index is -0.437. The van der Waals surface area contributed by atoms with Gasteiger partial charge in [0.25, 0.3) is 0 Å². The monoisotopic (exact) mass is 286 g/mol. The van der Waals surface area contributed by atoms with Crippen molar-refractivity contribution in [1.29, 1.82) is 0 Å². The molecule has 0 unspecified atom stereocenters. The van der Waals surface area contributed by atoms with E-state index in [-0.39, 0.29) is 5.75 Å². The van der Waals surface area contributed by atoms with Crippen molar-refractivity contribution in [3.8, 4) is 11.5 Å². The second-order valence-corrected chi connectivity index (χ2v) is 4.75. The zero-order valence-electron chi connectivity index (χ0n) is 12.0. The van der Waals surface area contributed by atoms with Gasteiger partial charge in [0.2, 0.25) is 5.91 Å². The maximum Gasteiger partial charge on any atom is 0.248 e. The molecule has 1 amide bonds. The molecule has 0 fully saturated rings. The van der Waals surface area contributed by atoms with Crippen molar-refractivity contribution in [2.75, 3.05) is 12.4 Å². The number of phenolic OH excluding ortho intramolecular Hbond substituents is 1. The lowest BCUT2D eigenvalue weighted by Gasteiger charge is -2.12. The maximum atomic E-state index is 11.1. The number of rotatable bonds is 5. The van der Waals surface area contributed by atoms with Gasteiger partial charge in [-0.25, -0.2) is 0 Å². The molecule has 0 aliphatic carbocycles. The van der Waals surface area contributed by atoms with E-state index in [0.717, 1.165) is 16.8 Å². The molecule has 110 valence electrons. The largest absolute Gasteiger partial charge is 0.504 e. The van der Waals surface area contributed by atoms with Crippen LogP contribution in [0.3, 0.4) is 0 Å². The standard InChI is InChI=1S/C16H18N2O3/c1-10-7-12(16(17)20)4-5-13(10)18-9-11-3-6-14(19)15(8-11)21-2/h3-8,18-19H,9H2,1-2H3,(H2,17,20). The van der Waals surface area contributed by atoms with E-state index in [1.54, 1.807) is 24.3 Å². The minimum Gasteiger partial charge on any atom is -0.504 e. The topological polar surface area (TPSA) is 84.6 Å². The van der Waals surface area contributed by atoms with Gasteiger partial charge in [0.15, 0.2) is 11.5 Å². The van der Waals surface area contributed by atoms with Gasteiger partial charge in [-0.3, -0.25) is 4.79 Å². The Labute approximate surface area is 123 Å². The number of amides is 1. The van der Waals surface area contributed by atoms with Crippen molar-refractivity contribution >= 4 is 11.6 Å². The van der Waals surface area contributed by atoms with Gasteiger partial charge in [-0.15, -0.1) is 0 Å². The van der Waals surface area contributed by atoms with Gasteiger partial charge in [-0.2, -0.15) is 0 Å². The smallest absolute Gasteiger partial charge is 0.248 e. The number of ether oxygens (including phenoxy) is 1. The van der Waals surface area contributed by atoms with Crippen molar-refractivity contribution in [3.63, 3.8) is 0 Å². The summed E-state index contributed by atoms with van der Waals surface area (Å²) in [5.74, 6) is 0.117. The fourth-order valence-corrected chi connectivity index (χ4v) is 2.04. The van der Waals surface area contributed by atoms with Gasteiger partial charge in [0.1, 0.15) is 0 Å². The highest BCUT2D eigenvalue weighted by Crippen LogP contribution is 2.27. The van der Waals surface area contributed by atoms with Gasteiger partial charge in [0.05, 0.1) is 7.11 Å². The number of aryl methyl sites for hydroxylation is 1. The predicted octanol–water partition coefficient (Wildman–Crippen LogP) is 2.42. The van der Waals surface area contributed by atoms with Gasteiger partial charge in [0, 0.05) is 17.8 Å². The summed E-state index contributed by atoms with van der Waals surface area (Å²) < 4.78 is 5.07. The van der Waals surface area contributed by atoms with Gasteiger partial charge < -0.3 is 20.9 Å². The second kappa shape index (κ2) is 6.17. The summed E-state index contributed by atoms with van der Waals surface area (Å²) in [6.07, 6.45) is 0. The molecule has 0 aliphatic rings. The van der Waals surface area contributed by atoms with Crippen molar-refractivity contribution in [2.45, 2.75) is 13.5 Å². The number of carbonyl (C=O) groups is 1. The van der Waals surface area contributed by atoms with E-state index in [9.17, 15) is 9.90 Å². The molecule has 5 heteroatoms. The van der Waals surface area contributed by atoms with E-state index in [2.05, 4.69) is 5.32 Å². The summed E-state index contributed by atoms with van der Waals surface area (Å²) in [4.78, 5) is 11.1. The first kappa shape index (κ1) is 14.7. The number of methoxy groups -OCH3 is 1. The summed E-state index contributed by atoms with van der Waals surface area (Å²) in [5.41, 5.74) is 8.58. The first-order valence-corrected chi connectivity index (χ1v) is 6.51. The van der Waals surface area contributed by atoms with Crippen LogP contribution in [0.15, 0.2) is 36.4 Å². The maximum absolute atomic E-state index is 11.1. The molecule has 4 N–H and O–H groups in total. The molecule has 0 saturated carbocycles. The van der Waals surface area contributed by atoms with E-state index in [4.69, 9.17) is 10.5 Å². The molecular formula is C16H18N2O3. The van der Waals surface area contributed by atoms with Crippen molar-refractivity contribution < 1.29 is 14.6 Å². The van der Waals surface area contributed by atoms with Crippen LogP contribution in [-0.2, 0) is 6.54 Å². The summed E-state index contributed by atoms with van der Waals surface area (Å²) in [5, 5.41) is 12.8. The summed E-state index contributed by atoms with van der Waals surface area (Å²) in [6.45, 7) is 2.49. The molecule has 0 heterocycles. The number of nitrogens with one attached hydrogen (secondary N) is 1. The lowest BCUT2D eigenvalue weighted by atomic mass is 10.1. The molecule has 0 bridgehead atoms. The van der Waals surface area contributed by atoms with Crippen LogP contribution in [-0.4, -0.2) is 18.1 Å². The minimum absolute atomic E-state index is 0.114. The Bertz CT molecular complexity index is 669. The Morgan fingerprint density at radius 3 is 2.67 bits per heavy atom. The highest BCUT2D eigenvalue weighted by atomic mass is 16.5. The first-order chi connectivity index (χ1) is 10.0. The van der Waals surface area contributed by atoms with E-state index in [1.807, 2.05) is 19.1 Å². The van der Waals surface area contributed by atoms with Crippen LogP contribution in [0, 0.1) is 6.92 Å². The number of primary amides is 1. The highest BCUT2D eigenvalue weighted by molar-refractivity contribution is 5.93. The first-order valence-electron chi connectivity index (χ1n) is 6.51. The highest BCUT2D eigenvalue weighted by Gasteiger charge is 2.06. The average Bonchev–Trinajstić information content (AvgIpc) is 2.47. The van der Waals surface area contributed by atoms with Crippen LogP contribution < -0.4 is 15.8 Å². The molecule has 0 spiro atoms. The molecule has 21 heavy (non-hydrogen) atoms. The molecule has 2 aromatic rings. The number of aromatic hydroxyl groups is 1. The molecule has 2 aromatic carbocycles. The number of anilines is 1. The van der Waals surface area contributed by atoms with Crippen LogP contribution >= 0.6 is 0 Å². The lowest BCUT2D eigenvalue weighted by Crippen LogP contribution is -2.11. The zero-order chi connectivity index (χ0) is 15.4. The van der Waals surface area contributed by atoms with E-state index in [1.165, 1.54) is 7.11 Å². The Morgan fingerprint density at radius 1 is 1.29 bits per heavy atom. The van der Waals surface area contributed by atoms with Crippen molar-refractivity contribution in [2.24, 2.45) is 5.73 Å². The lowest BCUT2D eigenvalue weighted by molar-refractivity contribution is 0.1000. The van der Waals surface area contributed by atoms with E-state index >= 15 is 0 Å². The molecule has 0 aliphatic heterocycles. The van der Waals surface area contributed by atoms with Gasteiger partial charge >= 0.3 is 0 Å². The molecule has 0 atom stereocenters. The number of benzene rings is 2. The van der Waals surface area contributed by atoms with E-state index < -0.39 is 5.91 Å². The van der Waals surface area contributed by atoms with Gasteiger partial charge in [-0.1, -0.05) is 6.07 Å². The fourth-order valence-electron chi connectivity index (χ4n) is 2.04. The fraction of sp³-hybridized carbons (Fsp3) is 0.188. The Morgan fingerprint density at radius 2 is 2.05 bits per heavy atom. The predicted molar refractivity (Wildman–Crippen MR) is 81.7 cm³/mol.